The zero-order valence-electron chi connectivity index (χ0n) is 14.5. The molecule has 0 bridgehead atoms. The van der Waals surface area contributed by atoms with Crippen LogP contribution in [-0.2, 0) is 9.47 Å². The number of carbonyl (C=O) groups excluding carboxylic acids is 1. The Morgan fingerprint density at radius 3 is 2.61 bits per heavy atom. The Morgan fingerprint density at radius 2 is 2.04 bits per heavy atom. The van der Waals surface area contributed by atoms with Crippen molar-refractivity contribution in [3.8, 4) is 0 Å². The number of carbonyl (C=O) groups is 1. The fraction of sp³-hybridized carbons (Fsp3) is 0.611. The zero-order chi connectivity index (χ0) is 17.2. The van der Waals surface area contributed by atoms with Crippen LogP contribution in [0.2, 0.25) is 0 Å². The molecule has 1 aromatic rings. The molecule has 5 heteroatoms. The smallest absolute Gasteiger partial charge is 0.410 e. The molecule has 1 saturated heterocycles. The minimum Gasteiger partial charge on any atom is -0.444 e. The van der Waals surface area contributed by atoms with Gasteiger partial charge >= 0.3 is 6.09 Å². The van der Waals surface area contributed by atoms with Crippen LogP contribution in [0.5, 0.6) is 0 Å². The Hall–Kier alpha value is -1.07. The minimum absolute atomic E-state index is 0.0384. The third-order valence-corrected chi connectivity index (χ3v) is 4.61. The number of benzene rings is 1. The monoisotopic (exact) mass is 383 g/mol. The third-order valence-electron chi connectivity index (χ3n) is 4.12. The molecule has 1 aliphatic heterocycles. The van der Waals surface area contributed by atoms with Crippen LogP contribution in [-0.4, -0.2) is 36.4 Å². The quantitative estimate of drug-likeness (QED) is 0.737. The van der Waals surface area contributed by atoms with Gasteiger partial charge < -0.3 is 14.4 Å². The van der Waals surface area contributed by atoms with Crippen LogP contribution >= 0.6 is 15.9 Å². The molecule has 128 valence electrons. The number of amides is 1. The summed E-state index contributed by atoms with van der Waals surface area (Å²) in [7, 11) is 1.74. The molecule has 0 radical (unpaired) electrons. The van der Waals surface area contributed by atoms with Gasteiger partial charge in [0.2, 0.25) is 0 Å². The fourth-order valence-corrected chi connectivity index (χ4v) is 3.43. The van der Waals surface area contributed by atoms with E-state index in [-0.39, 0.29) is 24.2 Å². The summed E-state index contributed by atoms with van der Waals surface area (Å²) in [5.74, 6) is 0.274. The van der Waals surface area contributed by atoms with Crippen molar-refractivity contribution < 1.29 is 14.3 Å². The van der Waals surface area contributed by atoms with Crippen molar-refractivity contribution in [2.24, 2.45) is 5.92 Å². The summed E-state index contributed by atoms with van der Waals surface area (Å²) in [6, 6.07) is 8.05. The molecule has 1 heterocycles. The SMILES string of the molecule is COC1C[C@H](c2cccc(Br)c2)N(C(=O)OC(C)(C)C)CC1C. The van der Waals surface area contributed by atoms with Crippen molar-refractivity contribution >= 4 is 22.0 Å². The topological polar surface area (TPSA) is 38.8 Å². The Kier molecular flexibility index (Phi) is 5.74. The van der Waals surface area contributed by atoms with E-state index < -0.39 is 5.60 Å². The molecule has 1 amide bonds. The molecular formula is C18H26BrNO3. The van der Waals surface area contributed by atoms with Gasteiger partial charge in [-0.05, 0) is 44.9 Å². The first-order valence-corrected chi connectivity index (χ1v) is 8.78. The van der Waals surface area contributed by atoms with Crippen LogP contribution in [0.15, 0.2) is 28.7 Å². The maximum Gasteiger partial charge on any atom is 0.410 e. The van der Waals surface area contributed by atoms with E-state index >= 15 is 0 Å². The normalized spacial score (nSPS) is 25.3. The van der Waals surface area contributed by atoms with E-state index in [1.54, 1.807) is 7.11 Å². The Balaban J connectivity index is 2.30. The molecule has 0 N–H and O–H groups in total. The van der Waals surface area contributed by atoms with Gasteiger partial charge in [0.05, 0.1) is 12.1 Å². The molecule has 1 fully saturated rings. The van der Waals surface area contributed by atoms with Gasteiger partial charge in [-0.2, -0.15) is 0 Å². The molecule has 2 rings (SSSR count). The summed E-state index contributed by atoms with van der Waals surface area (Å²) in [5.41, 5.74) is 0.597. The first kappa shape index (κ1) is 18.3. The molecule has 2 unspecified atom stereocenters. The van der Waals surface area contributed by atoms with Gasteiger partial charge in [-0.25, -0.2) is 4.79 Å². The van der Waals surface area contributed by atoms with Gasteiger partial charge in [0.25, 0.3) is 0 Å². The average molecular weight is 384 g/mol. The summed E-state index contributed by atoms with van der Waals surface area (Å²) >= 11 is 3.51. The number of piperidine rings is 1. The minimum atomic E-state index is -0.500. The van der Waals surface area contributed by atoms with E-state index in [9.17, 15) is 4.79 Å². The molecule has 1 aromatic carbocycles. The van der Waals surface area contributed by atoms with E-state index in [1.807, 2.05) is 37.8 Å². The van der Waals surface area contributed by atoms with E-state index in [2.05, 4.69) is 35.0 Å². The molecule has 4 nitrogen and oxygen atoms in total. The Bertz CT molecular complexity index is 555. The predicted octanol–water partition coefficient (Wildman–Crippen LogP) is 4.78. The summed E-state index contributed by atoms with van der Waals surface area (Å²) in [6.07, 6.45) is 0.648. The standard InChI is InChI=1S/C18H26BrNO3/c1-12-11-20(17(21)23-18(2,3)4)15(10-16(12)22-5)13-7-6-8-14(19)9-13/h6-9,12,15-16H,10-11H2,1-5H3/t12?,15-,16?/m1/s1. The van der Waals surface area contributed by atoms with Crippen molar-refractivity contribution in [3.05, 3.63) is 34.3 Å². The highest BCUT2D eigenvalue weighted by molar-refractivity contribution is 9.10. The van der Waals surface area contributed by atoms with E-state index in [0.29, 0.717) is 6.54 Å². The van der Waals surface area contributed by atoms with Crippen LogP contribution in [0.25, 0.3) is 0 Å². The van der Waals surface area contributed by atoms with Crippen LogP contribution in [0.1, 0.15) is 45.7 Å². The van der Waals surface area contributed by atoms with E-state index in [4.69, 9.17) is 9.47 Å². The summed E-state index contributed by atoms with van der Waals surface area (Å²) in [5, 5.41) is 0. The number of hydrogen-bond donors (Lipinski definition) is 0. The highest BCUT2D eigenvalue weighted by Gasteiger charge is 2.38. The van der Waals surface area contributed by atoms with Gasteiger partial charge in [0, 0.05) is 24.0 Å². The van der Waals surface area contributed by atoms with Crippen molar-refractivity contribution in [2.45, 2.75) is 51.9 Å². The Morgan fingerprint density at radius 1 is 1.35 bits per heavy atom. The zero-order valence-corrected chi connectivity index (χ0v) is 16.1. The van der Waals surface area contributed by atoms with Gasteiger partial charge in [0.15, 0.2) is 0 Å². The number of hydrogen-bond acceptors (Lipinski definition) is 3. The maximum atomic E-state index is 12.7. The lowest BCUT2D eigenvalue weighted by atomic mass is 9.87. The first-order chi connectivity index (χ1) is 10.7. The van der Waals surface area contributed by atoms with Crippen LogP contribution < -0.4 is 0 Å². The van der Waals surface area contributed by atoms with Crippen molar-refractivity contribution in [2.75, 3.05) is 13.7 Å². The number of rotatable bonds is 2. The molecule has 23 heavy (non-hydrogen) atoms. The first-order valence-electron chi connectivity index (χ1n) is 7.99. The lowest BCUT2D eigenvalue weighted by molar-refractivity contribution is -0.0416. The molecule has 1 aliphatic rings. The van der Waals surface area contributed by atoms with Crippen LogP contribution in [0.4, 0.5) is 4.79 Å². The number of ether oxygens (including phenoxy) is 2. The molecule has 0 spiro atoms. The largest absolute Gasteiger partial charge is 0.444 e. The Labute approximate surface area is 147 Å². The highest BCUT2D eigenvalue weighted by Crippen LogP contribution is 2.36. The fourth-order valence-electron chi connectivity index (χ4n) is 3.02. The van der Waals surface area contributed by atoms with E-state index in [1.165, 1.54) is 0 Å². The van der Waals surface area contributed by atoms with Crippen molar-refractivity contribution in [1.82, 2.24) is 4.90 Å². The second kappa shape index (κ2) is 7.22. The number of halogens is 1. The lowest BCUT2D eigenvalue weighted by Crippen LogP contribution is -2.49. The van der Waals surface area contributed by atoms with Crippen LogP contribution in [0, 0.1) is 5.92 Å². The third kappa shape index (κ3) is 4.70. The highest BCUT2D eigenvalue weighted by atomic mass is 79.9. The second-order valence-corrected chi connectivity index (χ2v) is 8.11. The predicted molar refractivity (Wildman–Crippen MR) is 94.4 cm³/mol. The van der Waals surface area contributed by atoms with Gasteiger partial charge in [-0.15, -0.1) is 0 Å². The molecular weight excluding hydrogens is 358 g/mol. The number of methoxy groups -OCH3 is 1. The second-order valence-electron chi connectivity index (χ2n) is 7.19. The van der Waals surface area contributed by atoms with Crippen molar-refractivity contribution in [3.63, 3.8) is 0 Å². The molecule has 0 aromatic heterocycles. The van der Waals surface area contributed by atoms with Gasteiger partial charge in [0.1, 0.15) is 5.60 Å². The van der Waals surface area contributed by atoms with Gasteiger partial charge in [-0.1, -0.05) is 35.0 Å². The summed E-state index contributed by atoms with van der Waals surface area (Å²) in [4.78, 5) is 14.5. The lowest BCUT2D eigenvalue weighted by Gasteiger charge is -2.43. The number of likely N-dealkylation sites (tertiary alicyclic amines) is 1. The summed E-state index contributed by atoms with van der Waals surface area (Å²) in [6.45, 7) is 8.42. The van der Waals surface area contributed by atoms with Crippen LogP contribution in [0.3, 0.4) is 0 Å². The molecule has 0 saturated carbocycles. The maximum absolute atomic E-state index is 12.7. The summed E-state index contributed by atoms with van der Waals surface area (Å²) < 4.78 is 12.2. The van der Waals surface area contributed by atoms with E-state index in [0.717, 1.165) is 16.5 Å². The van der Waals surface area contributed by atoms with Gasteiger partial charge in [-0.3, -0.25) is 0 Å². The average Bonchev–Trinajstić information content (AvgIpc) is 2.45. The number of nitrogens with zero attached hydrogens (tertiary/aromatic N) is 1. The van der Waals surface area contributed by atoms with Crippen molar-refractivity contribution in [1.29, 1.82) is 0 Å². The molecule has 3 atom stereocenters. The molecule has 0 aliphatic carbocycles.